The normalized spacial score (nSPS) is 10.8. The third-order valence-corrected chi connectivity index (χ3v) is 3.92. The summed E-state index contributed by atoms with van der Waals surface area (Å²) in [6.07, 6.45) is 2.15. The average Bonchev–Trinajstić information content (AvgIpc) is 2.58. The van der Waals surface area contributed by atoms with Gasteiger partial charge in [-0.1, -0.05) is 48.9 Å². The van der Waals surface area contributed by atoms with Crippen LogP contribution in [-0.2, 0) is 11.2 Å². The van der Waals surface area contributed by atoms with Crippen LogP contribution >= 0.6 is 11.6 Å². The van der Waals surface area contributed by atoms with Crippen molar-refractivity contribution in [3.63, 3.8) is 0 Å². The number of carbonyl (C=O) groups excluding carboxylic acids is 1. The number of para-hydroxylation sites is 2. The van der Waals surface area contributed by atoms with Gasteiger partial charge in [-0.2, -0.15) is 5.26 Å². The number of hydrogen-bond donors (Lipinski definition) is 2. The smallest absolute Gasteiger partial charge is 0.267 e. The fraction of sp³-hybridized carbons (Fsp3) is 0.158. The van der Waals surface area contributed by atoms with E-state index in [1.807, 2.05) is 44.2 Å². The van der Waals surface area contributed by atoms with Crippen LogP contribution in [-0.4, -0.2) is 5.91 Å². The molecular formula is C19H18ClN3O. The molecule has 2 rings (SSSR count). The van der Waals surface area contributed by atoms with Crippen molar-refractivity contribution in [3.05, 3.63) is 70.4 Å². The number of aryl methyl sites for hydroxylation is 2. The van der Waals surface area contributed by atoms with Gasteiger partial charge in [0.25, 0.3) is 5.91 Å². The van der Waals surface area contributed by atoms with Crippen LogP contribution < -0.4 is 10.6 Å². The number of amides is 1. The monoisotopic (exact) mass is 339 g/mol. The van der Waals surface area contributed by atoms with Crippen LogP contribution in [0.4, 0.5) is 11.4 Å². The largest absolute Gasteiger partial charge is 0.359 e. The van der Waals surface area contributed by atoms with E-state index < -0.39 is 5.91 Å². The number of carbonyl (C=O) groups is 1. The Hall–Kier alpha value is -2.77. The van der Waals surface area contributed by atoms with Gasteiger partial charge in [-0.15, -0.1) is 0 Å². The molecule has 122 valence electrons. The Bertz CT molecular complexity index is 822. The minimum absolute atomic E-state index is 0.0276. The van der Waals surface area contributed by atoms with Crippen molar-refractivity contribution < 1.29 is 4.79 Å². The third-order valence-electron chi connectivity index (χ3n) is 3.59. The van der Waals surface area contributed by atoms with E-state index in [2.05, 4.69) is 10.6 Å². The second-order valence-corrected chi connectivity index (χ2v) is 5.62. The van der Waals surface area contributed by atoms with E-state index in [1.54, 1.807) is 18.2 Å². The topological polar surface area (TPSA) is 64.9 Å². The Morgan fingerprint density at radius 3 is 2.67 bits per heavy atom. The van der Waals surface area contributed by atoms with Gasteiger partial charge in [-0.05, 0) is 36.6 Å². The van der Waals surface area contributed by atoms with Crippen LogP contribution in [0.5, 0.6) is 0 Å². The van der Waals surface area contributed by atoms with Gasteiger partial charge in [0.15, 0.2) is 0 Å². The van der Waals surface area contributed by atoms with Crippen molar-refractivity contribution in [3.8, 4) is 6.07 Å². The Kier molecular flexibility index (Phi) is 6.00. The summed E-state index contributed by atoms with van der Waals surface area (Å²) in [7, 11) is 0. The number of nitrogens with zero attached hydrogens (tertiary/aromatic N) is 1. The molecule has 2 N–H and O–H groups in total. The van der Waals surface area contributed by atoms with Gasteiger partial charge in [0.2, 0.25) is 0 Å². The summed E-state index contributed by atoms with van der Waals surface area (Å²) in [5.74, 6) is -0.457. The molecule has 2 aromatic carbocycles. The number of benzene rings is 2. The molecule has 0 aliphatic carbocycles. The molecule has 0 aliphatic heterocycles. The Balaban J connectivity index is 2.20. The van der Waals surface area contributed by atoms with E-state index in [4.69, 9.17) is 11.6 Å². The van der Waals surface area contributed by atoms with Crippen molar-refractivity contribution in [2.24, 2.45) is 0 Å². The summed E-state index contributed by atoms with van der Waals surface area (Å²) < 4.78 is 0. The van der Waals surface area contributed by atoms with Crippen LogP contribution in [0.2, 0.25) is 5.02 Å². The van der Waals surface area contributed by atoms with Crippen molar-refractivity contribution in [1.82, 2.24) is 0 Å². The molecule has 0 bridgehead atoms. The van der Waals surface area contributed by atoms with Crippen LogP contribution in [0.3, 0.4) is 0 Å². The van der Waals surface area contributed by atoms with Gasteiger partial charge in [0.1, 0.15) is 11.6 Å². The highest BCUT2D eigenvalue weighted by Gasteiger charge is 2.13. The number of nitrogens with one attached hydrogen (secondary N) is 2. The van der Waals surface area contributed by atoms with Crippen molar-refractivity contribution in [2.75, 3.05) is 10.6 Å². The maximum atomic E-state index is 12.4. The molecule has 0 atom stereocenters. The average molecular weight is 340 g/mol. The van der Waals surface area contributed by atoms with E-state index in [-0.39, 0.29) is 5.57 Å². The zero-order valence-electron chi connectivity index (χ0n) is 13.6. The standard InChI is InChI=1S/C19H18ClN3O/c1-3-14-8-6-7-13(2)18(14)23-19(24)15(11-21)12-22-17-10-5-4-9-16(17)20/h4-10,12,22H,3H2,1-2H3,(H,23,24)/b15-12-. The Morgan fingerprint density at radius 2 is 2.00 bits per heavy atom. The fourth-order valence-corrected chi connectivity index (χ4v) is 2.45. The van der Waals surface area contributed by atoms with Crippen LogP contribution in [0.1, 0.15) is 18.1 Å². The van der Waals surface area contributed by atoms with E-state index in [0.717, 1.165) is 23.2 Å². The highest BCUT2D eigenvalue weighted by molar-refractivity contribution is 6.33. The number of anilines is 2. The molecule has 0 radical (unpaired) electrons. The Labute approximate surface area is 146 Å². The molecule has 2 aromatic rings. The zero-order chi connectivity index (χ0) is 17.5. The molecule has 4 nitrogen and oxygen atoms in total. The molecule has 0 spiro atoms. The maximum absolute atomic E-state index is 12.4. The molecule has 24 heavy (non-hydrogen) atoms. The van der Waals surface area contributed by atoms with Gasteiger partial charge in [0, 0.05) is 11.9 Å². The predicted octanol–water partition coefficient (Wildman–Crippen LogP) is 4.67. The summed E-state index contributed by atoms with van der Waals surface area (Å²) in [6.45, 7) is 3.94. The molecule has 1 amide bonds. The fourth-order valence-electron chi connectivity index (χ4n) is 2.26. The van der Waals surface area contributed by atoms with Gasteiger partial charge < -0.3 is 10.6 Å². The van der Waals surface area contributed by atoms with Crippen molar-refractivity contribution in [2.45, 2.75) is 20.3 Å². The van der Waals surface area contributed by atoms with E-state index in [9.17, 15) is 10.1 Å². The second kappa shape index (κ2) is 8.19. The van der Waals surface area contributed by atoms with E-state index in [0.29, 0.717) is 10.7 Å². The molecular weight excluding hydrogens is 322 g/mol. The maximum Gasteiger partial charge on any atom is 0.267 e. The van der Waals surface area contributed by atoms with Crippen molar-refractivity contribution in [1.29, 1.82) is 5.26 Å². The summed E-state index contributed by atoms with van der Waals surface area (Å²) in [4.78, 5) is 12.4. The number of nitriles is 1. The first-order valence-electron chi connectivity index (χ1n) is 7.58. The van der Waals surface area contributed by atoms with E-state index >= 15 is 0 Å². The Morgan fingerprint density at radius 1 is 1.25 bits per heavy atom. The third kappa shape index (κ3) is 4.15. The first kappa shape index (κ1) is 17.6. The highest BCUT2D eigenvalue weighted by atomic mass is 35.5. The minimum Gasteiger partial charge on any atom is -0.359 e. The zero-order valence-corrected chi connectivity index (χ0v) is 14.3. The molecule has 0 unspecified atom stereocenters. The lowest BCUT2D eigenvalue weighted by atomic mass is 10.1. The lowest BCUT2D eigenvalue weighted by molar-refractivity contribution is -0.112. The summed E-state index contributed by atoms with van der Waals surface area (Å²) in [6, 6.07) is 14.9. The number of halogens is 1. The number of hydrogen-bond acceptors (Lipinski definition) is 3. The van der Waals surface area contributed by atoms with Gasteiger partial charge in [-0.3, -0.25) is 4.79 Å². The molecule has 0 fully saturated rings. The van der Waals surface area contributed by atoms with E-state index in [1.165, 1.54) is 6.20 Å². The molecule has 0 heterocycles. The lowest BCUT2D eigenvalue weighted by Crippen LogP contribution is -2.16. The minimum atomic E-state index is -0.457. The quantitative estimate of drug-likeness (QED) is 0.614. The molecule has 0 saturated heterocycles. The first-order valence-corrected chi connectivity index (χ1v) is 7.95. The lowest BCUT2D eigenvalue weighted by Gasteiger charge is -2.12. The van der Waals surface area contributed by atoms with Crippen LogP contribution in [0.15, 0.2) is 54.2 Å². The second-order valence-electron chi connectivity index (χ2n) is 5.21. The summed E-state index contributed by atoms with van der Waals surface area (Å²) in [5, 5.41) is 15.5. The SMILES string of the molecule is CCc1cccc(C)c1NC(=O)/C(C#N)=C\Nc1ccccc1Cl. The van der Waals surface area contributed by atoms with Gasteiger partial charge in [0.05, 0.1) is 10.7 Å². The highest BCUT2D eigenvalue weighted by Crippen LogP contribution is 2.23. The molecule has 0 saturated carbocycles. The van der Waals surface area contributed by atoms with Gasteiger partial charge in [-0.25, -0.2) is 0 Å². The molecule has 0 aliphatic rings. The molecule has 0 aromatic heterocycles. The first-order chi connectivity index (χ1) is 11.6. The predicted molar refractivity (Wildman–Crippen MR) is 98.0 cm³/mol. The van der Waals surface area contributed by atoms with Gasteiger partial charge >= 0.3 is 0 Å². The van der Waals surface area contributed by atoms with Crippen LogP contribution in [0, 0.1) is 18.3 Å². The number of rotatable bonds is 5. The van der Waals surface area contributed by atoms with Crippen molar-refractivity contribution >= 4 is 28.9 Å². The summed E-state index contributed by atoms with van der Waals surface area (Å²) in [5.41, 5.74) is 3.34. The van der Waals surface area contributed by atoms with Crippen LogP contribution in [0.25, 0.3) is 0 Å². The summed E-state index contributed by atoms with van der Waals surface area (Å²) >= 11 is 6.05. The molecule has 5 heteroatoms.